The summed E-state index contributed by atoms with van der Waals surface area (Å²) in [6.45, 7) is 3.50. The fraction of sp³-hybridized carbons (Fsp3) is 0.500. The van der Waals surface area contributed by atoms with Crippen molar-refractivity contribution in [1.82, 2.24) is 10.2 Å². The summed E-state index contributed by atoms with van der Waals surface area (Å²) in [6, 6.07) is 5.72. The first kappa shape index (κ1) is 13.7. The number of rotatable bonds is 5. The van der Waals surface area contributed by atoms with Crippen molar-refractivity contribution < 1.29 is 4.79 Å². The molecule has 1 aliphatic rings. The van der Waals surface area contributed by atoms with Crippen molar-refractivity contribution in [2.45, 2.75) is 6.42 Å². The van der Waals surface area contributed by atoms with E-state index in [1.54, 1.807) is 0 Å². The number of anilines is 2. The number of carbonyl (C=O) groups excluding carboxylic acids is 1. The van der Waals surface area contributed by atoms with E-state index < -0.39 is 0 Å². The first-order valence-electron chi connectivity index (χ1n) is 6.71. The van der Waals surface area contributed by atoms with Crippen LogP contribution in [0.15, 0.2) is 18.2 Å². The number of nitrogens with zero attached hydrogens (tertiary/aromatic N) is 1. The molecule has 0 bridgehead atoms. The first-order valence-corrected chi connectivity index (χ1v) is 6.71. The van der Waals surface area contributed by atoms with Crippen LogP contribution >= 0.6 is 0 Å². The average Bonchev–Trinajstić information content (AvgIpc) is 2.42. The van der Waals surface area contributed by atoms with Gasteiger partial charge in [0.1, 0.15) is 0 Å². The standard InChI is InChI=1S/C14H22N4O/c1-18(2)9-3-6-17-14(19)11-4-5-12-13(10-11)16-8-7-15-12/h4-5,10,15-16H,3,6-9H2,1-2H3,(H,17,19). The second-order valence-corrected chi connectivity index (χ2v) is 5.03. The Labute approximate surface area is 114 Å². The molecule has 1 aromatic carbocycles. The summed E-state index contributed by atoms with van der Waals surface area (Å²) in [5, 5.41) is 9.53. The maximum absolute atomic E-state index is 12.0. The van der Waals surface area contributed by atoms with Crippen molar-refractivity contribution in [3.05, 3.63) is 23.8 Å². The largest absolute Gasteiger partial charge is 0.382 e. The summed E-state index contributed by atoms with van der Waals surface area (Å²) in [7, 11) is 4.06. The molecule has 1 aliphatic heterocycles. The minimum absolute atomic E-state index is 0.00562. The summed E-state index contributed by atoms with van der Waals surface area (Å²) in [5.41, 5.74) is 2.78. The summed E-state index contributed by atoms with van der Waals surface area (Å²) in [6.07, 6.45) is 0.962. The maximum atomic E-state index is 12.0. The summed E-state index contributed by atoms with van der Waals surface area (Å²) < 4.78 is 0. The number of amides is 1. The SMILES string of the molecule is CN(C)CCCNC(=O)c1ccc2c(c1)NCCN2. The quantitative estimate of drug-likeness (QED) is 0.698. The zero-order chi connectivity index (χ0) is 13.7. The van der Waals surface area contributed by atoms with Gasteiger partial charge >= 0.3 is 0 Å². The van der Waals surface area contributed by atoms with Gasteiger partial charge in [-0.3, -0.25) is 4.79 Å². The molecule has 1 amide bonds. The van der Waals surface area contributed by atoms with E-state index in [-0.39, 0.29) is 5.91 Å². The van der Waals surface area contributed by atoms with Crippen LogP contribution < -0.4 is 16.0 Å². The Kier molecular flexibility index (Phi) is 4.63. The van der Waals surface area contributed by atoms with Crippen molar-refractivity contribution >= 4 is 17.3 Å². The van der Waals surface area contributed by atoms with Crippen molar-refractivity contribution in [1.29, 1.82) is 0 Å². The molecule has 0 atom stereocenters. The molecule has 2 rings (SSSR count). The molecule has 0 spiro atoms. The van der Waals surface area contributed by atoms with Gasteiger partial charge in [-0.1, -0.05) is 0 Å². The molecule has 0 unspecified atom stereocenters. The van der Waals surface area contributed by atoms with E-state index in [2.05, 4.69) is 20.9 Å². The van der Waals surface area contributed by atoms with Gasteiger partial charge in [-0.05, 0) is 45.3 Å². The van der Waals surface area contributed by atoms with E-state index in [0.29, 0.717) is 12.1 Å². The molecule has 0 aliphatic carbocycles. The van der Waals surface area contributed by atoms with Crippen LogP contribution in [0.2, 0.25) is 0 Å². The summed E-state index contributed by atoms with van der Waals surface area (Å²) in [4.78, 5) is 14.1. The second kappa shape index (κ2) is 6.43. The molecule has 5 heteroatoms. The van der Waals surface area contributed by atoms with Crippen LogP contribution in [-0.4, -0.2) is 51.1 Å². The highest BCUT2D eigenvalue weighted by Crippen LogP contribution is 2.25. The molecule has 104 valence electrons. The van der Waals surface area contributed by atoms with Gasteiger partial charge in [0.05, 0.1) is 11.4 Å². The Morgan fingerprint density at radius 2 is 2.00 bits per heavy atom. The van der Waals surface area contributed by atoms with E-state index in [1.807, 2.05) is 32.3 Å². The van der Waals surface area contributed by atoms with Crippen molar-refractivity contribution in [3.8, 4) is 0 Å². The Morgan fingerprint density at radius 1 is 1.26 bits per heavy atom. The topological polar surface area (TPSA) is 56.4 Å². The molecule has 1 aromatic rings. The molecule has 0 radical (unpaired) electrons. The molecule has 0 aromatic heterocycles. The highest BCUT2D eigenvalue weighted by molar-refractivity contribution is 5.96. The molecular weight excluding hydrogens is 240 g/mol. The first-order chi connectivity index (χ1) is 9.16. The highest BCUT2D eigenvalue weighted by Gasteiger charge is 2.11. The number of fused-ring (bicyclic) bond motifs is 1. The number of hydrogen-bond acceptors (Lipinski definition) is 4. The van der Waals surface area contributed by atoms with E-state index in [9.17, 15) is 4.79 Å². The summed E-state index contributed by atoms with van der Waals surface area (Å²) >= 11 is 0. The minimum atomic E-state index is -0.00562. The fourth-order valence-corrected chi connectivity index (χ4v) is 2.08. The molecule has 3 N–H and O–H groups in total. The van der Waals surface area contributed by atoms with Crippen LogP contribution in [0.3, 0.4) is 0 Å². The van der Waals surface area contributed by atoms with Crippen LogP contribution in [-0.2, 0) is 0 Å². The Bertz CT molecular complexity index is 445. The lowest BCUT2D eigenvalue weighted by atomic mass is 10.1. The van der Waals surface area contributed by atoms with Gasteiger partial charge in [0, 0.05) is 25.2 Å². The number of nitrogens with one attached hydrogen (secondary N) is 3. The Balaban J connectivity index is 1.88. The minimum Gasteiger partial charge on any atom is -0.382 e. The average molecular weight is 262 g/mol. The predicted molar refractivity (Wildman–Crippen MR) is 78.9 cm³/mol. The predicted octanol–water partition coefficient (Wildman–Crippen LogP) is 1.21. The van der Waals surface area contributed by atoms with E-state index in [0.717, 1.165) is 37.4 Å². The molecule has 19 heavy (non-hydrogen) atoms. The van der Waals surface area contributed by atoms with Gasteiger partial charge in [0.2, 0.25) is 0 Å². The van der Waals surface area contributed by atoms with Crippen molar-refractivity contribution in [2.24, 2.45) is 0 Å². The smallest absolute Gasteiger partial charge is 0.251 e. The molecule has 0 saturated heterocycles. The zero-order valence-corrected chi connectivity index (χ0v) is 11.6. The van der Waals surface area contributed by atoms with Gasteiger partial charge in [0.15, 0.2) is 0 Å². The van der Waals surface area contributed by atoms with Crippen LogP contribution in [0.4, 0.5) is 11.4 Å². The Hall–Kier alpha value is -1.75. The molecule has 0 fully saturated rings. The zero-order valence-electron chi connectivity index (χ0n) is 11.6. The third-order valence-electron chi connectivity index (χ3n) is 3.11. The van der Waals surface area contributed by atoms with Crippen LogP contribution in [0.5, 0.6) is 0 Å². The monoisotopic (exact) mass is 262 g/mol. The lowest BCUT2D eigenvalue weighted by molar-refractivity contribution is 0.0952. The van der Waals surface area contributed by atoms with E-state index >= 15 is 0 Å². The van der Waals surface area contributed by atoms with Crippen LogP contribution in [0, 0.1) is 0 Å². The molecular formula is C14H22N4O. The fourth-order valence-electron chi connectivity index (χ4n) is 2.08. The normalized spacial score (nSPS) is 13.4. The lowest BCUT2D eigenvalue weighted by Crippen LogP contribution is -2.27. The third-order valence-corrected chi connectivity index (χ3v) is 3.11. The summed E-state index contributed by atoms with van der Waals surface area (Å²) in [5.74, 6) is -0.00562. The number of benzene rings is 1. The third kappa shape index (κ3) is 3.86. The van der Waals surface area contributed by atoms with Gasteiger partial charge in [0.25, 0.3) is 5.91 Å². The van der Waals surface area contributed by atoms with Gasteiger partial charge in [-0.25, -0.2) is 0 Å². The molecule has 0 saturated carbocycles. The van der Waals surface area contributed by atoms with Crippen LogP contribution in [0.1, 0.15) is 16.8 Å². The van der Waals surface area contributed by atoms with E-state index in [4.69, 9.17) is 0 Å². The second-order valence-electron chi connectivity index (χ2n) is 5.03. The highest BCUT2D eigenvalue weighted by atomic mass is 16.1. The number of hydrogen-bond donors (Lipinski definition) is 3. The van der Waals surface area contributed by atoms with Crippen LogP contribution in [0.25, 0.3) is 0 Å². The van der Waals surface area contributed by atoms with Crippen molar-refractivity contribution in [3.63, 3.8) is 0 Å². The van der Waals surface area contributed by atoms with Crippen molar-refractivity contribution in [2.75, 3.05) is 50.9 Å². The maximum Gasteiger partial charge on any atom is 0.251 e. The lowest BCUT2D eigenvalue weighted by Gasteiger charge is -2.20. The van der Waals surface area contributed by atoms with Gasteiger partial charge in [-0.15, -0.1) is 0 Å². The number of carbonyl (C=O) groups is 1. The molecule has 1 heterocycles. The van der Waals surface area contributed by atoms with Gasteiger partial charge < -0.3 is 20.9 Å². The Morgan fingerprint density at radius 3 is 2.74 bits per heavy atom. The van der Waals surface area contributed by atoms with E-state index in [1.165, 1.54) is 0 Å². The molecule has 5 nitrogen and oxygen atoms in total. The van der Waals surface area contributed by atoms with Gasteiger partial charge in [-0.2, -0.15) is 0 Å².